The Morgan fingerprint density at radius 3 is 2.84 bits per heavy atom. The van der Waals surface area contributed by atoms with Gasteiger partial charge in [-0.15, -0.1) is 0 Å². The highest BCUT2D eigenvalue weighted by molar-refractivity contribution is 5.97. The Labute approximate surface area is 112 Å². The minimum absolute atomic E-state index is 0.102. The fourth-order valence-electron chi connectivity index (χ4n) is 1.75. The van der Waals surface area contributed by atoms with Gasteiger partial charge >= 0.3 is 0 Å². The fourth-order valence-corrected chi connectivity index (χ4v) is 1.75. The molecule has 5 heteroatoms. The fraction of sp³-hybridized carbons (Fsp3) is 0.500. The first-order valence-electron chi connectivity index (χ1n) is 6.43. The number of aromatic hydroxyl groups is 2. The first-order chi connectivity index (χ1) is 9.09. The van der Waals surface area contributed by atoms with Crippen molar-refractivity contribution in [2.24, 2.45) is 5.92 Å². The zero-order valence-electron chi connectivity index (χ0n) is 11.0. The van der Waals surface area contributed by atoms with Gasteiger partial charge in [0.25, 0.3) is 5.91 Å². The largest absolute Gasteiger partial charge is 0.504 e. The molecule has 1 saturated carbocycles. The standard InChI is InChI=1S/C14H19NO4/c1-15(7-8-19-9-10-5-6-10)14(18)11-3-2-4-12(16)13(11)17/h2-4,10,16-17H,5-9H2,1H3. The van der Waals surface area contributed by atoms with Crippen molar-refractivity contribution in [3.63, 3.8) is 0 Å². The molecule has 0 atom stereocenters. The Hall–Kier alpha value is -1.75. The van der Waals surface area contributed by atoms with Crippen LogP contribution in [0, 0.1) is 5.92 Å². The minimum atomic E-state index is -0.377. The second-order valence-electron chi connectivity index (χ2n) is 4.92. The molecule has 1 amide bonds. The number of para-hydroxylation sites is 1. The summed E-state index contributed by atoms with van der Waals surface area (Å²) in [4.78, 5) is 13.5. The third kappa shape index (κ3) is 3.61. The molecule has 0 heterocycles. The molecular formula is C14H19NO4. The first kappa shape index (κ1) is 13.7. The Morgan fingerprint density at radius 2 is 2.16 bits per heavy atom. The average Bonchev–Trinajstić information content (AvgIpc) is 3.21. The van der Waals surface area contributed by atoms with Gasteiger partial charge in [-0.25, -0.2) is 0 Å². The van der Waals surface area contributed by atoms with Crippen LogP contribution in [-0.2, 0) is 4.74 Å². The summed E-state index contributed by atoms with van der Waals surface area (Å²) in [6, 6.07) is 4.35. The topological polar surface area (TPSA) is 70.0 Å². The second kappa shape index (κ2) is 5.93. The molecule has 2 N–H and O–H groups in total. The van der Waals surface area contributed by atoms with Gasteiger partial charge in [-0.2, -0.15) is 0 Å². The Morgan fingerprint density at radius 1 is 1.42 bits per heavy atom. The van der Waals surface area contributed by atoms with E-state index in [-0.39, 0.29) is 23.0 Å². The van der Waals surface area contributed by atoms with Crippen LogP contribution in [0.4, 0.5) is 0 Å². The molecule has 0 unspecified atom stereocenters. The minimum Gasteiger partial charge on any atom is -0.504 e. The summed E-state index contributed by atoms with van der Waals surface area (Å²) < 4.78 is 5.46. The lowest BCUT2D eigenvalue weighted by Gasteiger charge is -2.18. The Kier molecular flexibility index (Phi) is 4.27. The third-order valence-corrected chi connectivity index (χ3v) is 3.21. The number of phenols is 2. The van der Waals surface area contributed by atoms with Crippen LogP contribution in [0.3, 0.4) is 0 Å². The molecule has 104 valence electrons. The number of benzene rings is 1. The summed E-state index contributed by atoms with van der Waals surface area (Å²) in [5.41, 5.74) is 0.102. The molecule has 1 fully saturated rings. The molecule has 0 spiro atoms. The maximum absolute atomic E-state index is 12.1. The number of carbonyl (C=O) groups excluding carboxylic acids is 1. The third-order valence-electron chi connectivity index (χ3n) is 3.21. The summed E-state index contributed by atoms with van der Waals surface area (Å²) in [5, 5.41) is 19.0. The molecule has 2 rings (SSSR count). The van der Waals surface area contributed by atoms with Gasteiger partial charge in [0, 0.05) is 20.2 Å². The van der Waals surface area contributed by atoms with Crippen LogP contribution in [0.15, 0.2) is 18.2 Å². The van der Waals surface area contributed by atoms with Gasteiger partial charge in [0.1, 0.15) is 0 Å². The first-order valence-corrected chi connectivity index (χ1v) is 6.43. The summed E-state index contributed by atoms with van der Waals surface area (Å²) in [7, 11) is 1.65. The van der Waals surface area contributed by atoms with Gasteiger partial charge in [-0.3, -0.25) is 4.79 Å². The number of ether oxygens (including phenoxy) is 1. The van der Waals surface area contributed by atoms with E-state index < -0.39 is 0 Å². The molecule has 5 nitrogen and oxygen atoms in total. The average molecular weight is 265 g/mol. The number of nitrogens with zero attached hydrogens (tertiary/aromatic N) is 1. The molecule has 0 aliphatic heterocycles. The smallest absolute Gasteiger partial charge is 0.257 e. The summed E-state index contributed by atoms with van der Waals surface area (Å²) in [5.74, 6) is -0.290. The number of hydrogen-bond acceptors (Lipinski definition) is 4. The van der Waals surface area contributed by atoms with E-state index in [1.807, 2.05) is 0 Å². The van der Waals surface area contributed by atoms with Crippen molar-refractivity contribution in [2.75, 3.05) is 26.8 Å². The van der Waals surface area contributed by atoms with E-state index in [0.717, 1.165) is 6.61 Å². The molecule has 0 bridgehead atoms. The van der Waals surface area contributed by atoms with E-state index in [0.29, 0.717) is 19.1 Å². The molecule has 1 aliphatic carbocycles. The summed E-state index contributed by atoms with van der Waals surface area (Å²) >= 11 is 0. The number of likely N-dealkylation sites (N-methyl/N-ethyl adjacent to an activating group) is 1. The van der Waals surface area contributed by atoms with Crippen molar-refractivity contribution in [3.05, 3.63) is 23.8 Å². The highest BCUT2D eigenvalue weighted by Crippen LogP contribution is 2.29. The van der Waals surface area contributed by atoms with E-state index in [1.165, 1.54) is 35.9 Å². The van der Waals surface area contributed by atoms with E-state index in [2.05, 4.69) is 0 Å². The summed E-state index contributed by atoms with van der Waals surface area (Å²) in [6.45, 7) is 1.71. The SMILES string of the molecule is CN(CCOCC1CC1)C(=O)c1cccc(O)c1O. The molecule has 1 aromatic carbocycles. The van der Waals surface area contributed by atoms with Crippen LogP contribution in [0.5, 0.6) is 11.5 Å². The van der Waals surface area contributed by atoms with Crippen LogP contribution in [0.1, 0.15) is 23.2 Å². The van der Waals surface area contributed by atoms with E-state index >= 15 is 0 Å². The number of hydrogen-bond donors (Lipinski definition) is 2. The summed E-state index contributed by atoms with van der Waals surface area (Å²) in [6.07, 6.45) is 2.48. The van der Waals surface area contributed by atoms with Crippen LogP contribution < -0.4 is 0 Å². The van der Waals surface area contributed by atoms with Crippen molar-refractivity contribution in [1.29, 1.82) is 0 Å². The molecule has 0 aromatic heterocycles. The maximum Gasteiger partial charge on any atom is 0.257 e. The van der Waals surface area contributed by atoms with Crippen molar-refractivity contribution in [2.45, 2.75) is 12.8 Å². The lowest BCUT2D eigenvalue weighted by Crippen LogP contribution is -2.30. The van der Waals surface area contributed by atoms with Gasteiger partial charge in [-0.1, -0.05) is 6.07 Å². The number of carbonyl (C=O) groups is 1. The molecule has 0 saturated heterocycles. The van der Waals surface area contributed by atoms with Gasteiger partial charge in [0.2, 0.25) is 0 Å². The molecule has 19 heavy (non-hydrogen) atoms. The monoisotopic (exact) mass is 265 g/mol. The molecule has 1 aromatic rings. The highest BCUT2D eigenvalue weighted by Gasteiger charge is 2.21. The van der Waals surface area contributed by atoms with Gasteiger partial charge < -0.3 is 19.8 Å². The van der Waals surface area contributed by atoms with E-state index in [1.54, 1.807) is 7.05 Å². The van der Waals surface area contributed by atoms with Crippen molar-refractivity contribution in [3.8, 4) is 11.5 Å². The van der Waals surface area contributed by atoms with Gasteiger partial charge in [0.15, 0.2) is 11.5 Å². The maximum atomic E-state index is 12.1. The van der Waals surface area contributed by atoms with Gasteiger partial charge in [-0.05, 0) is 30.9 Å². The second-order valence-corrected chi connectivity index (χ2v) is 4.92. The lowest BCUT2D eigenvalue weighted by molar-refractivity contribution is 0.0678. The van der Waals surface area contributed by atoms with E-state index in [9.17, 15) is 15.0 Å². The van der Waals surface area contributed by atoms with Crippen LogP contribution in [-0.4, -0.2) is 47.8 Å². The zero-order chi connectivity index (χ0) is 13.8. The van der Waals surface area contributed by atoms with Crippen LogP contribution in [0.25, 0.3) is 0 Å². The Balaban J connectivity index is 1.84. The van der Waals surface area contributed by atoms with Crippen molar-refractivity contribution >= 4 is 5.91 Å². The lowest BCUT2D eigenvalue weighted by atomic mass is 10.1. The normalized spacial score (nSPS) is 14.4. The Bertz CT molecular complexity index is 457. The van der Waals surface area contributed by atoms with Crippen LogP contribution >= 0.6 is 0 Å². The quantitative estimate of drug-likeness (QED) is 0.605. The zero-order valence-corrected chi connectivity index (χ0v) is 11.0. The predicted molar refractivity (Wildman–Crippen MR) is 70.3 cm³/mol. The molecular weight excluding hydrogens is 246 g/mol. The number of rotatable bonds is 6. The van der Waals surface area contributed by atoms with Crippen molar-refractivity contribution in [1.82, 2.24) is 4.90 Å². The molecule has 0 radical (unpaired) electrons. The van der Waals surface area contributed by atoms with Crippen molar-refractivity contribution < 1.29 is 19.7 Å². The predicted octanol–water partition coefficient (Wildman–Crippen LogP) is 1.60. The van der Waals surface area contributed by atoms with Gasteiger partial charge in [0.05, 0.1) is 12.2 Å². The number of phenolic OH excluding ortho intramolecular Hbond substituents is 2. The van der Waals surface area contributed by atoms with E-state index in [4.69, 9.17) is 4.74 Å². The number of amides is 1. The van der Waals surface area contributed by atoms with Crippen LogP contribution in [0.2, 0.25) is 0 Å². The highest BCUT2D eigenvalue weighted by atomic mass is 16.5. The molecule has 1 aliphatic rings.